The Hall–Kier alpha value is -6.33. The number of benzene rings is 6. The van der Waals surface area contributed by atoms with Gasteiger partial charge in [-0.15, -0.1) is 0 Å². The SMILES string of the molecule is Cn1c(=O)n(C)c2cc(-c3ccc(-c4cc(-c5ccccc5-c5ccccc5)nc(-c5ccc(-c6ccccc6)cc5)n4)cc3)ccc21. The molecule has 0 bridgehead atoms. The van der Waals surface area contributed by atoms with Gasteiger partial charge in [0.25, 0.3) is 0 Å². The van der Waals surface area contributed by atoms with E-state index >= 15 is 0 Å². The van der Waals surface area contributed by atoms with Gasteiger partial charge in [0.15, 0.2) is 5.82 Å². The smallest absolute Gasteiger partial charge is 0.295 e. The number of fused-ring (bicyclic) bond motifs is 1. The van der Waals surface area contributed by atoms with Gasteiger partial charge < -0.3 is 0 Å². The lowest BCUT2D eigenvalue weighted by Gasteiger charge is -2.13. The van der Waals surface area contributed by atoms with E-state index in [0.717, 1.165) is 66.9 Å². The van der Waals surface area contributed by atoms with Crippen LogP contribution in [-0.4, -0.2) is 19.1 Å². The molecule has 48 heavy (non-hydrogen) atoms. The third-order valence-electron chi connectivity index (χ3n) is 9.05. The van der Waals surface area contributed by atoms with Crippen LogP contribution in [0.2, 0.25) is 0 Å². The van der Waals surface area contributed by atoms with Gasteiger partial charge in [0.2, 0.25) is 0 Å². The van der Waals surface area contributed by atoms with Gasteiger partial charge in [-0.2, -0.15) is 0 Å². The quantitative estimate of drug-likeness (QED) is 0.186. The summed E-state index contributed by atoms with van der Waals surface area (Å²) in [4.78, 5) is 22.8. The Bertz CT molecular complexity index is 2460. The van der Waals surface area contributed by atoms with Gasteiger partial charge in [-0.25, -0.2) is 14.8 Å². The molecular formula is C43H32N4O. The highest BCUT2D eigenvalue weighted by atomic mass is 16.1. The molecule has 0 radical (unpaired) electrons. The zero-order valence-electron chi connectivity index (χ0n) is 26.7. The van der Waals surface area contributed by atoms with Crippen molar-refractivity contribution in [2.45, 2.75) is 0 Å². The molecule has 0 saturated carbocycles. The van der Waals surface area contributed by atoms with Crippen molar-refractivity contribution in [3.63, 3.8) is 0 Å². The summed E-state index contributed by atoms with van der Waals surface area (Å²) in [7, 11) is 3.62. The number of hydrogen-bond donors (Lipinski definition) is 0. The summed E-state index contributed by atoms with van der Waals surface area (Å²) in [5.74, 6) is 0.671. The standard InChI is InChI=1S/C43H32N4O/c1-46-40-26-25-35(27-41(40)47(2)43(46)48)31-17-21-33(22-18-31)38-28-39(37-16-10-9-15-36(37)32-13-7-4-8-14-32)45-42(44-38)34-23-19-30(20-24-34)29-11-5-3-6-12-29/h3-28H,1-2H3. The van der Waals surface area contributed by atoms with Gasteiger partial charge in [-0.05, 0) is 51.6 Å². The molecule has 5 heteroatoms. The highest BCUT2D eigenvalue weighted by Gasteiger charge is 2.15. The fraction of sp³-hybridized carbons (Fsp3) is 0.0465. The molecule has 6 aromatic carbocycles. The minimum atomic E-state index is -0.0311. The van der Waals surface area contributed by atoms with Crippen LogP contribution in [0.15, 0.2) is 163 Å². The Balaban J connectivity index is 1.23. The van der Waals surface area contributed by atoms with Crippen molar-refractivity contribution in [3.8, 4) is 67.3 Å². The van der Waals surface area contributed by atoms with Crippen molar-refractivity contribution < 1.29 is 0 Å². The summed E-state index contributed by atoms with van der Waals surface area (Å²) in [6, 6.07) is 54.4. The van der Waals surface area contributed by atoms with Gasteiger partial charge in [0, 0.05) is 30.8 Å². The fourth-order valence-electron chi connectivity index (χ4n) is 6.40. The topological polar surface area (TPSA) is 52.7 Å². The second kappa shape index (κ2) is 12.1. The highest BCUT2D eigenvalue weighted by Crippen LogP contribution is 2.35. The minimum absolute atomic E-state index is 0.0311. The van der Waals surface area contributed by atoms with Crippen LogP contribution < -0.4 is 5.69 Å². The summed E-state index contributed by atoms with van der Waals surface area (Å²) in [5.41, 5.74) is 13.2. The minimum Gasteiger partial charge on any atom is -0.295 e. The molecular weight excluding hydrogens is 589 g/mol. The first-order valence-electron chi connectivity index (χ1n) is 16.0. The van der Waals surface area contributed by atoms with E-state index in [1.807, 2.05) is 25.2 Å². The van der Waals surface area contributed by atoms with E-state index < -0.39 is 0 Å². The Morgan fingerprint density at radius 2 is 0.875 bits per heavy atom. The molecule has 8 rings (SSSR count). The molecule has 0 fully saturated rings. The predicted octanol–water partition coefficient (Wildman–Crippen LogP) is 9.67. The van der Waals surface area contributed by atoms with Gasteiger partial charge >= 0.3 is 5.69 Å². The first kappa shape index (κ1) is 29.1. The fourth-order valence-corrected chi connectivity index (χ4v) is 6.40. The van der Waals surface area contributed by atoms with Crippen LogP contribution >= 0.6 is 0 Å². The molecule has 230 valence electrons. The van der Waals surface area contributed by atoms with Crippen LogP contribution in [-0.2, 0) is 14.1 Å². The van der Waals surface area contributed by atoms with Gasteiger partial charge in [0.05, 0.1) is 22.4 Å². The van der Waals surface area contributed by atoms with Crippen molar-refractivity contribution in [2.75, 3.05) is 0 Å². The van der Waals surface area contributed by atoms with Gasteiger partial charge in [-0.3, -0.25) is 9.13 Å². The first-order chi connectivity index (χ1) is 23.5. The number of rotatable bonds is 6. The lowest BCUT2D eigenvalue weighted by atomic mass is 9.96. The molecule has 0 atom stereocenters. The number of nitrogens with zero attached hydrogens (tertiary/aromatic N) is 4. The maximum absolute atomic E-state index is 12.5. The third-order valence-corrected chi connectivity index (χ3v) is 9.05. The lowest BCUT2D eigenvalue weighted by Crippen LogP contribution is -2.19. The second-order valence-electron chi connectivity index (χ2n) is 12.0. The zero-order valence-corrected chi connectivity index (χ0v) is 26.7. The number of hydrogen-bond acceptors (Lipinski definition) is 3. The van der Waals surface area contributed by atoms with E-state index in [1.165, 1.54) is 5.56 Å². The van der Waals surface area contributed by atoms with Gasteiger partial charge in [0.1, 0.15) is 0 Å². The highest BCUT2D eigenvalue weighted by molar-refractivity contribution is 5.85. The first-order valence-corrected chi connectivity index (χ1v) is 16.0. The maximum Gasteiger partial charge on any atom is 0.328 e. The molecule has 0 saturated heterocycles. The largest absolute Gasteiger partial charge is 0.328 e. The Morgan fingerprint density at radius 3 is 1.56 bits per heavy atom. The molecule has 0 amide bonds. The molecule has 0 aliphatic heterocycles. The number of aryl methyl sites for hydroxylation is 2. The molecule has 2 heterocycles. The van der Waals surface area contributed by atoms with Crippen LogP contribution in [0.5, 0.6) is 0 Å². The van der Waals surface area contributed by atoms with E-state index in [2.05, 4.69) is 140 Å². The summed E-state index contributed by atoms with van der Waals surface area (Å²) >= 11 is 0. The summed E-state index contributed by atoms with van der Waals surface area (Å²) < 4.78 is 3.37. The maximum atomic E-state index is 12.5. The van der Waals surface area contributed by atoms with Crippen molar-refractivity contribution >= 4 is 11.0 Å². The monoisotopic (exact) mass is 620 g/mol. The molecule has 8 aromatic rings. The van der Waals surface area contributed by atoms with E-state index in [9.17, 15) is 4.79 Å². The van der Waals surface area contributed by atoms with E-state index in [4.69, 9.17) is 9.97 Å². The average Bonchev–Trinajstić information content (AvgIpc) is 3.38. The molecule has 0 aliphatic rings. The van der Waals surface area contributed by atoms with Gasteiger partial charge in [-0.1, -0.05) is 140 Å². The number of imidazole rings is 1. The summed E-state index contributed by atoms with van der Waals surface area (Å²) in [6.07, 6.45) is 0. The molecule has 0 aliphatic carbocycles. The van der Waals surface area contributed by atoms with Crippen molar-refractivity contribution in [1.82, 2.24) is 19.1 Å². The van der Waals surface area contributed by atoms with E-state index in [-0.39, 0.29) is 5.69 Å². The number of aromatic nitrogens is 4. The Labute approximate surface area is 279 Å². The Kier molecular flexibility index (Phi) is 7.35. The summed E-state index contributed by atoms with van der Waals surface area (Å²) in [5, 5.41) is 0. The van der Waals surface area contributed by atoms with Crippen molar-refractivity contribution in [3.05, 3.63) is 168 Å². The van der Waals surface area contributed by atoms with E-state index in [0.29, 0.717) is 5.82 Å². The predicted molar refractivity (Wildman–Crippen MR) is 196 cm³/mol. The van der Waals surface area contributed by atoms with Crippen molar-refractivity contribution in [1.29, 1.82) is 0 Å². The average molecular weight is 621 g/mol. The zero-order chi connectivity index (χ0) is 32.6. The lowest BCUT2D eigenvalue weighted by molar-refractivity contribution is 0.795. The molecule has 0 unspecified atom stereocenters. The third kappa shape index (κ3) is 5.31. The molecule has 2 aromatic heterocycles. The van der Waals surface area contributed by atoms with Crippen LogP contribution in [0.3, 0.4) is 0 Å². The van der Waals surface area contributed by atoms with Crippen LogP contribution in [0, 0.1) is 0 Å². The van der Waals surface area contributed by atoms with Crippen LogP contribution in [0.25, 0.3) is 78.3 Å². The Morgan fingerprint density at radius 1 is 0.396 bits per heavy atom. The molecule has 0 N–H and O–H groups in total. The normalized spacial score (nSPS) is 11.2. The second-order valence-corrected chi connectivity index (χ2v) is 12.0. The van der Waals surface area contributed by atoms with Crippen molar-refractivity contribution in [2.24, 2.45) is 14.1 Å². The van der Waals surface area contributed by atoms with E-state index in [1.54, 1.807) is 16.2 Å². The molecule has 0 spiro atoms. The van der Waals surface area contributed by atoms with Crippen LogP contribution in [0.4, 0.5) is 0 Å². The van der Waals surface area contributed by atoms with Crippen LogP contribution in [0.1, 0.15) is 0 Å². The molecule has 5 nitrogen and oxygen atoms in total. The summed E-state index contributed by atoms with van der Waals surface area (Å²) in [6.45, 7) is 0.